The number of nitrogens with one attached hydrogen (secondary N) is 1. The fourth-order valence-corrected chi connectivity index (χ4v) is 2.37. The van der Waals surface area contributed by atoms with Gasteiger partial charge < -0.3 is 19.9 Å². The van der Waals surface area contributed by atoms with Crippen LogP contribution < -0.4 is 10.1 Å². The normalized spacial score (nSPS) is 11.5. The standard InChI is InChI=1S/C17H15Cl2NO5/c1-9(16(22)20-14-6-3-10(18)7-13(14)19)25-17(23)12-5-4-11(24-2)8-15(12)21/h3-9,21H,1-2H3,(H,20,22)/t9-/m1/s1. The second-order valence-corrected chi connectivity index (χ2v) is 5.89. The van der Waals surface area contributed by atoms with E-state index in [4.69, 9.17) is 32.7 Å². The predicted molar refractivity (Wildman–Crippen MR) is 94.6 cm³/mol. The highest BCUT2D eigenvalue weighted by atomic mass is 35.5. The maximum absolute atomic E-state index is 12.1. The highest BCUT2D eigenvalue weighted by Gasteiger charge is 2.22. The minimum atomic E-state index is -1.11. The lowest BCUT2D eigenvalue weighted by Crippen LogP contribution is -2.30. The van der Waals surface area contributed by atoms with Gasteiger partial charge in [0.2, 0.25) is 0 Å². The minimum Gasteiger partial charge on any atom is -0.507 e. The van der Waals surface area contributed by atoms with Crippen LogP contribution in [-0.4, -0.2) is 30.2 Å². The molecule has 0 unspecified atom stereocenters. The Labute approximate surface area is 154 Å². The van der Waals surface area contributed by atoms with Crippen LogP contribution in [-0.2, 0) is 9.53 Å². The van der Waals surface area contributed by atoms with Crippen LogP contribution in [0.4, 0.5) is 5.69 Å². The summed E-state index contributed by atoms with van der Waals surface area (Å²) in [4.78, 5) is 24.2. The van der Waals surface area contributed by atoms with Crippen molar-refractivity contribution in [2.24, 2.45) is 0 Å². The summed E-state index contributed by atoms with van der Waals surface area (Å²) in [6.45, 7) is 1.40. The van der Waals surface area contributed by atoms with Gasteiger partial charge in [0.25, 0.3) is 5.91 Å². The van der Waals surface area contributed by atoms with Crippen LogP contribution in [0, 0.1) is 0 Å². The molecule has 0 heterocycles. The molecule has 1 atom stereocenters. The van der Waals surface area contributed by atoms with Crippen LogP contribution in [0.5, 0.6) is 11.5 Å². The summed E-state index contributed by atoms with van der Waals surface area (Å²) in [5.41, 5.74) is 0.260. The lowest BCUT2D eigenvalue weighted by Gasteiger charge is -2.15. The van der Waals surface area contributed by atoms with Crippen molar-refractivity contribution < 1.29 is 24.2 Å². The van der Waals surface area contributed by atoms with Crippen LogP contribution in [0.3, 0.4) is 0 Å². The fourth-order valence-electron chi connectivity index (χ4n) is 1.91. The molecule has 2 aromatic rings. The fraction of sp³-hybridized carbons (Fsp3) is 0.176. The lowest BCUT2D eigenvalue weighted by atomic mass is 10.2. The maximum atomic E-state index is 12.1. The van der Waals surface area contributed by atoms with E-state index in [-0.39, 0.29) is 16.3 Å². The van der Waals surface area contributed by atoms with Crippen molar-refractivity contribution in [3.05, 3.63) is 52.0 Å². The molecule has 0 saturated carbocycles. The van der Waals surface area contributed by atoms with Crippen LogP contribution in [0.2, 0.25) is 10.0 Å². The number of hydrogen-bond acceptors (Lipinski definition) is 5. The Hall–Kier alpha value is -2.44. The smallest absolute Gasteiger partial charge is 0.342 e. The number of ether oxygens (including phenoxy) is 2. The zero-order valence-electron chi connectivity index (χ0n) is 13.4. The lowest BCUT2D eigenvalue weighted by molar-refractivity contribution is -0.123. The summed E-state index contributed by atoms with van der Waals surface area (Å²) in [5, 5.41) is 13.1. The van der Waals surface area contributed by atoms with E-state index in [1.807, 2.05) is 0 Å². The minimum absolute atomic E-state index is 0.0787. The quantitative estimate of drug-likeness (QED) is 0.764. The molecule has 0 aliphatic carbocycles. The van der Waals surface area contributed by atoms with E-state index in [1.165, 1.54) is 44.4 Å². The monoisotopic (exact) mass is 383 g/mol. The number of methoxy groups -OCH3 is 1. The molecule has 0 aromatic heterocycles. The van der Waals surface area contributed by atoms with E-state index in [9.17, 15) is 14.7 Å². The summed E-state index contributed by atoms with van der Waals surface area (Å²) in [7, 11) is 1.43. The second-order valence-electron chi connectivity index (χ2n) is 5.04. The Morgan fingerprint density at radius 3 is 2.48 bits per heavy atom. The Bertz CT molecular complexity index is 810. The highest BCUT2D eigenvalue weighted by molar-refractivity contribution is 6.36. The Balaban J connectivity index is 2.04. The topological polar surface area (TPSA) is 84.9 Å². The molecular formula is C17H15Cl2NO5. The van der Waals surface area contributed by atoms with Crippen molar-refractivity contribution in [2.75, 3.05) is 12.4 Å². The molecule has 0 spiro atoms. The number of esters is 1. The zero-order chi connectivity index (χ0) is 18.6. The number of hydrogen-bond donors (Lipinski definition) is 2. The molecule has 6 nitrogen and oxygen atoms in total. The van der Waals surface area contributed by atoms with Gasteiger partial charge in [-0.2, -0.15) is 0 Å². The Morgan fingerprint density at radius 2 is 1.88 bits per heavy atom. The Morgan fingerprint density at radius 1 is 1.16 bits per heavy atom. The first kappa shape index (κ1) is 18.9. The summed E-state index contributed by atoms with van der Waals surface area (Å²) in [6.07, 6.45) is -1.11. The number of aromatic hydroxyl groups is 1. The van der Waals surface area contributed by atoms with Gasteiger partial charge >= 0.3 is 5.97 Å². The van der Waals surface area contributed by atoms with E-state index in [1.54, 1.807) is 6.07 Å². The number of amides is 1. The van der Waals surface area contributed by atoms with Gasteiger partial charge in [0, 0.05) is 11.1 Å². The SMILES string of the molecule is COc1ccc(C(=O)O[C@H](C)C(=O)Nc2ccc(Cl)cc2Cl)c(O)c1. The van der Waals surface area contributed by atoms with Gasteiger partial charge in [-0.15, -0.1) is 0 Å². The third-order valence-electron chi connectivity index (χ3n) is 3.27. The first-order chi connectivity index (χ1) is 11.8. The molecule has 0 bridgehead atoms. The largest absolute Gasteiger partial charge is 0.507 e. The van der Waals surface area contributed by atoms with Crippen molar-refractivity contribution in [1.82, 2.24) is 0 Å². The van der Waals surface area contributed by atoms with Gasteiger partial charge in [-0.3, -0.25) is 4.79 Å². The van der Waals surface area contributed by atoms with Crippen molar-refractivity contribution >= 4 is 40.8 Å². The number of rotatable bonds is 5. The third-order valence-corrected chi connectivity index (χ3v) is 3.81. The molecular weight excluding hydrogens is 369 g/mol. The van der Waals surface area contributed by atoms with E-state index < -0.39 is 18.0 Å². The molecule has 2 rings (SSSR count). The summed E-state index contributed by atoms with van der Waals surface area (Å²) >= 11 is 11.8. The number of phenols is 1. The molecule has 2 N–H and O–H groups in total. The number of anilines is 1. The molecule has 0 aliphatic heterocycles. The number of carbonyl (C=O) groups is 2. The van der Waals surface area contributed by atoms with Crippen LogP contribution in [0.1, 0.15) is 17.3 Å². The van der Waals surface area contributed by atoms with E-state index >= 15 is 0 Å². The third kappa shape index (κ3) is 4.78. The molecule has 8 heteroatoms. The van der Waals surface area contributed by atoms with E-state index in [0.29, 0.717) is 16.5 Å². The molecule has 2 aromatic carbocycles. The van der Waals surface area contributed by atoms with E-state index in [2.05, 4.69) is 5.32 Å². The molecule has 0 aliphatic rings. The first-order valence-corrected chi connectivity index (χ1v) is 7.91. The number of carbonyl (C=O) groups excluding carboxylic acids is 2. The van der Waals surface area contributed by atoms with E-state index in [0.717, 1.165) is 0 Å². The van der Waals surface area contributed by atoms with Gasteiger partial charge in [0.05, 0.1) is 17.8 Å². The maximum Gasteiger partial charge on any atom is 0.342 e. The molecule has 1 amide bonds. The predicted octanol–water partition coefficient (Wildman–Crippen LogP) is 3.89. The second kappa shape index (κ2) is 8.09. The highest BCUT2D eigenvalue weighted by Crippen LogP contribution is 2.26. The van der Waals surface area contributed by atoms with Crippen molar-refractivity contribution in [2.45, 2.75) is 13.0 Å². The van der Waals surface area contributed by atoms with Crippen molar-refractivity contribution in [3.8, 4) is 11.5 Å². The van der Waals surface area contributed by atoms with Gasteiger partial charge in [-0.1, -0.05) is 23.2 Å². The van der Waals surface area contributed by atoms with Crippen molar-refractivity contribution in [1.29, 1.82) is 0 Å². The number of phenolic OH excluding ortho intramolecular Hbond substituents is 1. The number of halogens is 2. The molecule has 132 valence electrons. The van der Waals surface area contributed by atoms with Crippen molar-refractivity contribution in [3.63, 3.8) is 0 Å². The van der Waals surface area contributed by atoms with Gasteiger partial charge in [0.1, 0.15) is 17.1 Å². The molecule has 0 saturated heterocycles. The first-order valence-electron chi connectivity index (χ1n) is 7.15. The average molecular weight is 384 g/mol. The number of benzene rings is 2. The molecule has 0 fully saturated rings. The summed E-state index contributed by atoms with van der Waals surface area (Å²) < 4.78 is 10.0. The van der Waals surface area contributed by atoms with Crippen LogP contribution >= 0.6 is 23.2 Å². The summed E-state index contributed by atoms with van der Waals surface area (Å²) in [6, 6.07) is 8.69. The van der Waals surface area contributed by atoms with Crippen LogP contribution in [0.15, 0.2) is 36.4 Å². The molecule has 25 heavy (non-hydrogen) atoms. The van der Waals surface area contributed by atoms with Gasteiger partial charge in [0.15, 0.2) is 6.10 Å². The molecule has 0 radical (unpaired) electrons. The van der Waals surface area contributed by atoms with Gasteiger partial charge in [-0.05, 0) is 37.3 Å². The average Bonchev–Trinajstić information content (AvgIpc) is 2.56. The zero-order valence-corrected chi connectivity index (χ0v) is 14.9. The van der Waals surface area contributed by atoms with Crippen LogP contribution in [0.25, 0.3) is 0 Å². The summed E-state index contributed by atoms with van der Waals surface area (Å²) in [5.74, 6) is -1.34. The Kier molecular flexibility index (Phi) is 6.12. The van der Waals surface area contributed by atoms with Gasteiger partial charge in [-0.25, -0.2) is 4.79 Å².